The molecule has 0 rings (SSSR count). The summed E-state index contributed by atoms with van der Waals surface area (Å²) in [4.78, 5) is 33.1. The Morgan fingerprint density at radius 3 is 2.31 bits per heavy atom. The number of primary amides is 1. The third kappa shape index (κ3) is 5.14. The maximum atomic E-state index is 11.6. The molecule has 4 N–H and O–H groups in total. The lowest BCUT2D eigenvalue weighted by Crippen LogP contribution is -2.50. The molecule has 0 saturated carbocycles. The molecule has 0 aromatic carbocycles. The Labute approximate surface area is 94.3 Å². The second-order valence-electron chi connectivity index (χ2n) is 3.62. The molecule has 3 amide bonds. The average molecular weight is 227 g/mol. The molecule has 0 aromatic heterocycles. The summed E-state index contributed by atoms with van der Waals surface area (Å²) in [5.41, 5.74) is 4.89. The molecule has 1 atom stereocenters. The van der Waals surface area contributed by atoms with Crippen molar-refractivity contribution in [3.05, 3.63) is 12.7 Å². The number of nitrogens with two attached hydrogens (primary N) is 1. The van der Waals surface area contributed by atoms with Crippen LogP contribution in [0.3, 0.4) is 0 Å². The van der Waals surface area contributed by atoms with Crippen molar-refractivity contribution < 1.29 is 14.4 Å². The van der Waals surface area contributed by atoms with Gasteiger partial charge in [-0.2, -0.15) is 0 Å². The van der Waals surface area contributed by atoms with Crippen LogP contribution in [0, 0.1) is 5.92 Å². The highest BCUT2D eigenvalue weighted by Crippen LogP contribution is 2.01. The summed E-state index contributed by atoms with van der Waals surface area (Å²) in [5.74, 6) is -1.61. The van der Waals surface area contributed by atoms with Crippen molar-refractivity contribution in [2.24, 2.45) is 11.7 Å². The summed E-state index contributed by atoms with van der Waals surface area (Å²) in [6.07, 6.45) is 1.08. The molecule has 0 saturated heterocycles. The lowest BCUT2D eigenvalue weighted by molar-refractivity contribution is -0.129. The van der Waals surface area contributed by atoms with E-state index in [1.807, 2.05) is 0 Å². The molecule has 0 spiro atoms. The number of nitrogens with one attached hydrogen (secondary N) is 2. The minimum Gasteiger partial charge on any atom is -0.368 e. The van der Waals surface area contributed by atoms with E-state index < -0.39 is 23.8 Å². The summed E-state index contributed by atoms with van der Waals surface area (Å²) in [6, 6.07) is -0.704. The Kier molecular flexibility index (Phi) is 5.84. The Morgan fingerprint density at radius 1 is 1.38 bits per heavy atom. The summed E-state index contributed by atoms with van der Waals surface area (Å²) in [7, 11) is 0. The van der Waals surface area contributed by atoms with Gasteiger partial charge in [0.05, 0.1) is 6.54 Å². The van der Waals surface area contributed by atoms with Crippen molar-refractivity contribution in [1.29, 1.82) is 0 Å². The summed E-state index contributed by atoms with van der Waals surface area (Å²) in [5, 5.41) is 4.80. The van der Waals surface area contributed by atoms with Gasteiger partial charge in [-0.15, -0.1) is 0 Å². The van der Waals surface area contributed by atoms with Crippen LogP contribution >= 0.6 is 0 Å². The number of rotatable bonds is 6. The molecule has 0 aliphatic heterocycles. The molecule has 16 heavy (non-hydrogen) atoms. The highest BCUT2D eigenvalue weighted by atomic mass is 16.2. The largest absolute Gasteiger partial charge is 0.368 e. The van der Waals surface area contributed by atoms with E-state index in [4.69, 9.17) is 5.73 Å². The van der Waals surface area contributed by atoms with Crippen LogP contribution in [0.15, 0.2) is 12.7 Å². The van der Waals surface area contributed by atoms with E-state index in [2.05, 4.69) is 17.2 Å². The van der Waals surface area contributed by atoms with Crippen LogP contribution in [0.2, 0.25) is 0 Å². The van der Waals surface area contributed by atoms with Crippen molar-refractivity contribution in [2.75, 3.05) is 6.54 Å². The molecule has 0 heterocycles. The first-order valence-corrected chi connectivity index (χ1v) is 4.87. The van der Waals surface area contributed by atoms with Crippen molar-refractivity contribution in [3.63, 3.8) is 0 Å². The van der Waals surface area contributed by atoms with Gasteiger partial charge < -0.3 is 16.4 Å². The Bertz CT molecular complexity index is 300. The third-order valence-corrected chi connectivity index (χ3v) is 1.87. The molecule has 0 unspecified atom stereocenters. The lowest BCUT2D eigenvalue weighted by atomic mass is 10.0. The number of hydrogen-bond acceptors (Lipinski definition) is 3. The smallest absolute Gasteiger partial charge is 0.244 e. The fourth-order valence-corrected chi connectivity index (χ4v) is 1.03. The molecule has 0 aliphatic rings. The van der Waals surface area contributed by atoms with Gasteiger partial charge in [-0.25, -0.2) is 0 Å². The topological polar surface area (TPSA) is 101 Å². The molecule has 0 bridgehead atoms. The van der Waals surface area contributed by atoms with Crippen LogP contribution < -0.4 is 16.4 Å². The third-order valence-electron chi connectivity index (χ3n) is 1.87. The number of carbonyl (C=O) groups excluding carboxylic acids is 3. The van der Waals surface area contributed by atoms with Gasteiger partial charge in [0, 0.05) is 0 Å². The zero-order valence-electron chi connectivity index (χ0n) is 9.45. The predicted octanol–water partition coefficient (Wildman–Crippen LogP) is -1.09. The van der Waals surface area contributed by atoms with E-state index in [0.29, 0.717) is 0 Å². The first-order chi connectivity index (χ1) is 7.38. The van der Waals surface area contributed by atoms with Crippen LogP contribution in [0.4, 0.5) is 0 Å². The highest BCUT2D eigenvalue weighted by molar-refractivity contribution is 5.93. The summed E-state index contributed by atoms with van der Waals surface area (Å²) in [6.45, 7) is 6.60. The Hall–Kier alpha value is -1.85. The summed E-state index contributed by atoms with van der Waals surface area (Å²) < 4.78 is 0. The van der Waals surface area contributed by atoms with Gasteiger partial charge >= 0.3 is 0 Å². The first-order valence-electron chi connectivity index (χ1n) is 4.87. The van der Waals surface area contributed by atoms with Crippen molar-refractivity contribution >= 4 is 17.7 Å². The van der Waals surface area contributed by atoms with E-state index in [-0.39, 0.29) is 12.5 Å². The minimum atomic E-state index is -0.704. The second-order valence-corrected chi connectivity index (χ2v) is 3.62. The lowest BCUT2D eigenvalue weighted by Gasteiger charge is -2.20. The summed E-state index contributed by atoms with van der Waals surface area (Å²) >= 11 is 0. The van der Waals surface area contributed by atoms with Crippen LogP contribution in [0.25, 0.3) is 0 Å². The molecular formula is C10H17N3O3. The van der Waals surface area contributed by atoms with E-state index in [0.717, 1.165) is 6.08 Å². The molecule has 0 fully saturated rings. The number of amides is 3. The van der Waals surface area contributed by atoms with Gasteiger partial charge in [0.2, 0.25) is 17.7 Å². The molecule has 6 heteroatoms. The molecule has 0 radical (unpaired) electrons. The average Bonchev–Trinajstić information content (AvgIpc) is 2.21. The molecule has 6 nitrogen and oxygen atoms in total. The minimum absolute atomic E-state index is 0.100. The van der Waals surface area contributed by atoms with E-state index in [1.54, 1.807) is 13.8 Å². The SMILES string of the molecule is C=CC(=O)N[C@H](C(=O)NCC(N)=O)C(C)C. The quantitative estimate of drug-likeness (QED) is 0.503. The molecular weight excluding hydrogens is 210 g/mol. The fourth-order valence-electron chi connectivity index (χ4n) is 1.03. The van der Waals surface area contributed by atoms with Crippen LogP contribution in [0.5, 0.6) is 0 Å². The van der Waals surface area contributed by atoms with Gasteiger partial charge in [-0.1, -0.05) is 20.4 Å². The van der Waals surface area contributed by atoms with Gasteiger partial charge in [-0.3, -0.25) is 14.4 Å². The standard InChI is InChI=1S/C10H17N3O3/c1-4-8(15)13-9(6(2)3)10(16)12-5-7(11)14/h4,6,9H,1,5H2,2-3H3,(H2,11,14)(H,12,16)(H,13,15)/t9-/m0/s1. The van der Waals surface area contributed by atoms with Crippen molar-refractivity contribution in [2.45, 2.75) is 19.9 Å². The maximum Gasteiger partial charge on any atom is 0.244 e. The van der Waals surface area contributed by atoms with Gasteiger partial charge in [0.25, 0.3) is 0 Å². The molecule has 90 valence electrons. The van der Waals surface area contributed by atoms with Crippen LogP contribution in [-0.2, 0) is 14.4 Å². The second kappa shape index (κ2) is 6.60. The van der Waals surface area contributed by atoms with Gasteiger partial charge in [0.1, 0.15) is 6.04 Å². The van der Waals surface area contributed by atoms with Crippen molar-refractivity contribution in [1.82, 2.24) is 10.6 Å². The van der Waals surface area contributed by atoms with E-state index in [9.17, 15) is 14.4 Å². The zero-order chi connectivity index (χ0) is 12.7. The van der Waals surface area contributed by atoms with E-state index in [1.165, 1.54) is 0 Å². The molecule has 0 aliphatic carbocycles. The van der Waals surface area contributed by atoms with Crippen LogP contribution in [0.1, 0.15) is 13.8 Å². The fraction of sp³-hybridized carbons (Fsp3) is 0.500. The Morgan fingerprint density at radius 2 is 1.94 bits per heavy atom. The van der Waals surface area contributed by atoms with Gasteiger partial charge in [-0.05, 0) is 12.0 Å². The predicted molar refractivity (Wildman–Crippen MR) is 59.2 cm³/mol. The van der Waals surface area contributed by atoms with Gasteiger partial charge in [0.15, 0.2) is 0 Å². The number of hydrogen-bond donors (Lipinski definition) is 3. The van der Waals surface area contributed by atoms with Crippen molar-refractivity contribution in [3.8, 4) is 0 Å². The normalized spacial score (nSPS) is 11.7. The van der Waals surface area contributed by atoms with E-state index >= 15 is 0 Å². The Balaban J connectivity index is 4.41. The van der Waals surface area contributed by atoms with Crippen LogP contribution in [-0.4, -0.2) is 30.3 Å². The number of carbonyl (C=O) groups is 3. The monoisotopic (exact) mass is 227 g/mol. The first kappa shape index (κ1) is 14.2. The zero-order valence-corrected chi connectivity index (χ0v) is 9.45. The maximum absolute atomic E-state index is 11.6. The molecule has 0 aromatic rings. The highest BCUT2D eigenvalue weighted by Gasteiger charge is 2.23.